The molecule has 0 aromatic heterocycles. The Kier molecular flexibility index (Phi) is 1.74. The summed E-state index contributed by atoms with van der Waals surface area (Å²) in [6.07, 6.45) is 2.53. The number of nitrogens with zero attached hydrogens (tertiary/aromatic N) is 3. The van der Waals surface area contributed by atoms with Gasteiger partial charge in [-0.1, -0.05) is 18.2 Å². The second kappa shape index (κ2) is 3.20. The van der Waals surface area contributed by atoms with E-state index in [9.17, 15) is 0 Å². The number of nitrogens with one attached hydrogen (secondary N) is 1. The maximum absolute atomic E-state index is 5.33. The minimum absolute atomic E-state index is 0.390. The molecule has 0 amide bonds. The van der Waals surface area contributed by atoms with E-state index in [1.54, 1.807) is 0 Å². The molecule has 5 heteroatoms. The molecule has 1 N–H and O–H groups in total. The fourth-order valence-electron chi connectivity index (χ4n) is 1.57. The molecule has 2 aliphatic heterocycles. The Labute approximate surface area is 86.2 Å². The summed E-state index contributed by atoms with van der Waals surface area (Å²) in [5, 5.41) is 4.17. The SMILES string of the molecule is C1=Nc2ccccc2C2=NNC=NC2O1. The van der Waals surface area contributed by atoms with Crippen LogP contribution in [0.2, 0.25) is 0 Å². The number of hydrogen-bond acceptors (Lipinski definition) is 5. The van der Waals surface area contributed by atoms with E-state index in [0.717, 1.165) is 17.0 Å². The van der Waals surface area contributed by atoms with E-state index in [1.807, 2.05) is 24.3 Å². The zero-order valence-electron chi connectivity index (χ0n) is 7.79. The number of fused-ring (bicyclic) bond motifs is 3. The van der Waals surface area contributed by atoms with Crippen molar-refractivity contribution < 1.29 is 4.74 Å². The van der Waals surface area contributed by atoms with Crippen LogP contribution in [0.25, 0.3) is 0 Å². The van der Waals surface area contributed by atoms with E-state index >= 15 is 0 Å². The summed E-state index contributed by atoms with van der Waals surface area (Å²) < 4.78 is 5.33. The fourth-order valence-corrected chi connectivity index (χ4v) is 1.57. The number of benzene rings is 1. The summed E-state index contributed by atoms with van der Waals surface area (Å²) in [6, 6.07) is 7.74. The Morgan fingerprint density at radius 2 is 2.20 bits per heavy atom. The Hall–Kier alpha value is -2.17. The van der Waals surface area contributed by atoms with E-state index in [1.165, 1.54) is 12.7 Å². The third-order valence-electron chi connectivity index (χ3n) is 2.25. The smallest absolute Gasteiger partial charge is 0.237 e. The predicted molar refractivity (Wildman–Crippen MR) is 57.6 cm³/mol. The second-order valence-corrected chi connectivity index (χ2v) is 3.14. The zero-order valence-corrected chi connectivity index (χ0v) is 7.79. The van der Waals surface area contributed by atoms with Crippen molar-refractivity contribution in [1.82, 2.24) is 5.43 Å². The molecule has 15 heavy (non-hydrogen) atoms. The maximum atomic E-state index is 5.33. The first kappa shape index (κ1) is 8.16. The van der Waals surface area contributed by atoms with Crippen molar-refractivity contribution >= 4 is 24.1 Å². The second-order valence-electron chi connectivity index (χ2n) is 3.14. The lowest BCUT2D eigenvalue weighted by Crippen LogP contribution is -2.29. The Balaban J connectivity index is 2.17. The molecule has 0 saturated carbocycles. The molecule has 0 fully saturated rings. The minimum Gasteiger partial charge on any atom is -0.452 e. The molecule has 74 valence electrons. The molecule has 2 heterocycles. The number of hydrazone groups is 1. The van der Waals surface area contributed by atoms with Gasteiger partial charge in [-0.15, -0.1) is 0 Å². The number of hydrogen-bond donors (Lipinski definition) is 1. The average molecular weight is 200 g/mol. The molecular weight excluding hydrogens is 192 g/mol. The van der Waals surface area contributed by atoms with Crippen molar-refractivity contribution in [3.63, 3.8) is 0 Å². The Bertz CT molecular complexity index is 478. The number of para-hydroxylation sites is 1. The van der Waals surface area contributed by atoms with Crippen molar-refractivity contribution in [2.24, 2.45) is 15.1 Å². The molecule has 3 rings (SSSR count). The van der Waals surface area contributed by atoms with Crippen LogP contribution in [0.15, 0.2) is 39.4 Å². The van der Waals surface area contributed by atoms with Gasteiger partial charge in [-0.25, -0.2) is 9.98 Å². The Morgan fingerprint density at radius 1 is 1.27 bits per heavy atom. The van der Waals surface area contributed by atoms with Crippen molar-refractivity contribution in [3.05, 3.63) is 29.8 Å². The van der Waals surface area contributed by atoms with Gasteiger partial charge in [0.2, 0.25) is 6.23 Å². The molecular formula is C10H8N4O. The first-order valence-corrected chi connectivity index (χ1v) is 4.57. The van der Waals surface area contributed by atoms with E-state index in [-0.39, 0.29) is 0 Å². The lowest BCUT2D eigenvalue weighted by Gasteiger charge is -2.15. The third kappa shape index (κ3) is 1.28. The highest BCUT2D eigenvalue weighted by atomic mass is 16.5. The van der Waals surface area contributed by atoms with Gasteiger partial charge in [0, 0.05) is 5.56 Å². The highest BCUT2D eigenvalue weighted by Gasteiger charge is 2.23. The molecule has 1 aromatic carbocycles. The van der Waals surface area contributed by atoms with Crippen LogP contribution in [-0.4, -0.2) is 24.7 Å². The van der Waals surface area contributed by atoms with Crippen LogP contribution in [0.5, 0.6) is 0 Å². The van der Waals surface area contributed by atoms with Gasteiger partial charge in [0.1, 0.15) is 12.1 Å². The largest absolute Gasteiger partial charge is 0.452 e. The quantitative estimate of drug-likeness (QED) is 0.680. The first-order chi connectivity index (χ1) is 7.45. The molecule has 1 unspecified atom stereocenters. The summed E-state index contributed by atoms with van der Waals surface area (Å²) in [4.78, 5) is 8.31. The molecule has 0 radical (unpaired) electrons. The topological polar surface area (TPSA) is 58.3 Å². The molecule has 0 aliphatic carbocycles. The third-order valence-corrected chi connectivity index (χ3v) is 2.25. The predicted octanol–water partition coefficient (Wildman–Crippen LogP) is 1.04. The molecule has 2 aliphatic rings. The van der Waals surface area contributed by atoms with Gasteiger partial charge in [-0.3, -0.25) is 5.43 Å². The summed E-state index contributed by atoms with van der Waals surface area (Å²) in [5.74, 6) is 0. The summed E-state index contributed by atoms with van der Waals surface area (Å²) in [6.45, 7) is 0. The van der Waals surface area contributed by atoms with Gasteiger partial charge in [0.15, 0.2) is 6.40 Å². The van der Waals surface area contributed by atoms with Crippen LogP contribution in [0.1, 0.15) is 5.56 Å². The minimum atomic E-state index is -0.390. The lowest BCUT2D eigenvalue weighted by molar-refractivity contribution is 0.277. The average Bonchev–Trinajstić information content (AvgIpc) is 2.48. The Morgan fingerprint density at radius 3 is 3.20 bits per heavy atom. The van der Waals surface area contributed by atoms with Crippen molar-refractivity contribution in [2.75, 3.05) is 0 Å². The van der Waals surface area contributed by atoms with Crippen LogP contribution >= 0.6 is 0 Å². The van der Waals surface area contributed by atoms with Crippen LogP contribution in [0.3, 0.4) is 0 Å². The summed E-state index contributed by atoms with van der Waals surface area (Å²) in [5.41, 5.74) is 5.26. The molecule has 0 saturated heterocycles. The van der Waals surface area contributed by atoms with E-state index in [4.69, 9.17) is 4.74 Å². The van der Waals surface area contributed by atoms with Crippen LogP contribution in [0, 0.1) is 0 Å². The number of ether oxygens (including phenoxy) is 1. The van der Waals surface area contributed by atoms with Gasteiger partial charge in [-0.05, 0) is 6.07 Å². The van der Waals surface area contributed by atoms with E-state index < -0.39 is 6.23 Å². The van der Waals surface area contributed by atoms with Gasteiger partial charge in [0.25, 0.3) is 0 Å². The number of rotatable bonds is 0. The first-order valence-electron chi connectivity index (χ1n) is 4.57. The molecule has 0 spiro atoms. The van der Waals surface area contributed by atoms with Crippen molar-refractivity contribution in [3.8, 4) is 0 Å². The lowest BCUT2D eigenvalue weighted by atomic mass is 10.1. The van der Waals surface area contributed by atoms with E-state index in [2.05, 4.69) is 20.5 Å². The van der Waals surface area contributed by atoms with Gasteiger partial charge >= 0.3 is 0 Å². The highest BCUT2D eigenvalue weighted by Crippen LogP contribution is 2.24. The highest BCUT2D eigenvalue weighted by molar-refractivity contribution is 6.09. The molecule has 1 aromatic rings. The van der Waals surface area contributed by atoms with Gasteiger partial charge in [0.05, 0.1) is 5.69 Å². The summed E-state index contributed by atoms with van der Waals surface area (Å²) >= 11 is 0. The van der Waals surface area contributed by atoms with Gasteiger partial charge < -0.3 is 4.74 Å². The van der Waals surface area contributed by atoms with Crippen LogP contribution < -0.4 is 5.43 Å². The molecule has 0 bridgehead atoms. The van der Waals surface area contributed by atoms with E-state index in [0.29, 0.717) is 0 Å². The normalized spacial score (nSPS) is 21.6. The zero-order chi connectivity index (χ0) is 10.1. The molecule has 1 atom stereocenters. The van der Waals surface area contributed by atoms with Crippen LogP contribution in [-0.2, 0) is 4.74 Å². The van der Waals surface area contributed by atoms with Crippen LogP contribution in [0.4, 0.5) is 5.69 Å². The van der Waals surface area contributed by atoms with Crippen molar-refractivity contribution in [2.45, 2.75) is 6.23 Å². The van der Waals surface area contributed by atoms with Gasteiger partial charge in [-0.2, -0.15) is 5.10 Å². The van der Waals surface area contributed by atoms with Crippen molar-refractivity contribution in [1.29, 1.82) is 0 Å². The molecule has 5 nitrogen and oxygen atoms in total. The number of aliphatic imine (C=N–C) groups is 2. The monoisotopic (exact) mass is 200 g/mol. The summed E-state index contributed by atoms with van der Waals surface area (Å²) in [7, 11) is 0. The standard InChI is InChI=1S/C10H8N4O/c1-2-4-8-7(3-1)9-10(15-6-12-8)11-5-13-14-9/h1-6,10H,(H,11,13). The maximum Gasteiger partial charge on any atom is 0.237 e. The fraction of sp³-hybridized carbons (Fsp3) is 0.100.